The number of benzene rings is 1. The lowest BCUT2D eigenvalue weighted by molar-refractivity contribution is -0.143. The maximum Gasteiger partial charge on any atom is 0.416 e. The number of carbonyl (C=O) groups is 1. The molecule has 1 fully saturated rings. The van der Waals surface area contributed by atoms with E-state index in [1.807, 2.05) is 13.8 Å². The van der Waals surface area contributed by atoms with Crippen molar-refractivity contribution in [3.05, 3.63) is 70.6 Å². The number of hydrogen-bond donors (Lipinski definition) is 0. The monoisotopic (exact) mass is 465 g/mol. The molecule has 1 aromatic carbocycles. The Morgan fingerprint density at radius 3 is 2.62 bits per heavy atom. The SMILES string of the molecule is CC1CN(C(=O)CC(c2cccc(C(F)(F)F)c2)c2cnc3ccc(Cl)cn23)CC(C)O1. The Bertz CT molecular complexity index is 1120. The normalized spacial score (nSPS) is 20.5. The van der Waals surface area contributed by atoms with Crippen LogP contribution in [0.15, 0.2) is 48.8 Å². The number of imidazole rings is 1. The third-order valence-corrected chi connectivity index (χ3v) is 5.85. The van der Waals surface area contributed by atoms with E-state index in [0.717, 1.165) is 12.1 Å². The lowest BCUT2D eigenvalue weighted by atomic mass is 9.90. The Kier molecular flexibility index (Phi) is 6.18. The first-order valence-electron chi connectivity index (χ1n) is 10.3. The van der Waals surface area contributed by atoms with E-state index in [-0.39, 0.29) is 24.5 Å². The average Bonchev–Trinajstić information content (AvgIpc) is 3.13. The number of halogens is 4. The Labute approximate surface area is 188 Å². The number of carbonyl (C=O) groups excluding carboxylic acids is 1. The number of amides is 1. The highest BCUT2D eigenvalue weighted by Crippen LogP contribution is 2.35. The zero-order valence-corrected chi connectivity index (χ0v) is 18.4. The van der Waals surface area contributed by atoms with Crippen molar-refractivity contribution < 1.29 is 22.7 Å². The van der Waals surface area contributed by atoms with Crippen LogP contribution in [0.2, 0.25) is 5.02 Å². The van der Waals surface area contributed by atoms with Crippen molar-refractivity contribution in [3.63, 3.8) is 0 Å². The number of hydrogen-bond acceptors (Lipinski definition) is 3. The lowest BCUT2D eigenvalue weighted by Gasteiger charge is -2.36. The predicted octanol–water partition coefficient (Wildman–Crippen LogP) is 5.16. The largest absolute Gasteiger partial charge is 0.416 e. The zero-order chi connectivity index (χ0) is 23.0. The molecular formula is C23H23ClF3N3O2. The molecule has 1 aliphatic heterocycles. The van der Waals surface area contributed by atoms with Gasteiger partial charge in [-0.2, -0.15) is 13.2 Å². The van der Waals surface area contributed by atoms with Gasteiger partial charge in [-0.05, 0) is 37.6 Å². The summed E-state index contributed by atoms with van der Waals surface area (Å²) in [5, 5.41) is 0.460. The van der Waals surface area contributed by atoms with E-state index in [1.54, 1.807) is 39.9 Å². The summed E-state index contributed by atoms with van der Waals surface area (Å²) in [6.45, 7) is 4.67. The second-order valence-electron chi connectivity index (χ2n) is 8.19. The number of aromatic nitrogens is 2. The molecule has 32 heavy (non-hydrogen) atoms. The van der Waals surface area contributed by atoms with E-state index in [1.165, 1.54) is 6.07 Å². The van der Waals surface area contributed by atoms with Gasteiger partial charge in [0.15, 0.2) is 0 Å². The number of alkyl halides is 3. The van der Waals surface area contributed by atoms with Gasteiger partial charge in [-0.1, -0.05) is 29.8 Å². The predicted molar refractivity (Wildman–Crippen MR) is 115 cm³/mol. The molecule has 0 saturated carbocycles. The molecule has 170 valence electrons. The fraction of sp³-hybridized carbons (Fsp3) is 0.391. The molecule has 0 radical (unpaired) electrons. The van der Waals surface area contributed by atoms with Crippen LogP contribution < -0.4 is 0 Å². The van der Waals surface area contributed by atoms with Crippen LogP contribution in [0, 0.1) is 0 Å². The lowest BCUT2D eigenvalue weighted by Crippen LogP contribution is -2.48. The number of morpholine rings is 1. The number of nitrogens with zero attached hydrogens (tertiary/aromatic N) is 3. The second-order valence-corrected chi connectivity index (χ2v) is 8.63. The first kappa shape index (κ1) is 22.6. The Hall–Kier alpha value is -2.58. The minimum Gasteiger partial charge on any atom is -0.372 e. The van der Waals surface area contributed by atoms with Gasteiger partial charge < -0.3 is 14.0 Å². The summed E-state index contributed by atoms with van der Waals surface area (Å²) in [7, 11) is 0. The highest BCUT2D eigenvalue weighted by atomic mass is 35.5. The average molecular weight is 466 g/mol. The van der Waals surface area contributed by atoms with Crippen LogP contribution in [0.1, 0.15) is 43.0 Å². The zero-order valence-electron chi connectivity index (χ0n) is 17.6. The van der Waals surface area contributed by atoms with E-state index in [0.29, 0.717) is 35.0 Å². The Morgan fingerprint density at radius 2 is 1.94 bits per heavy atom. The molecule has 1 saturated heterocycles. The van der Waals surface area contributed by atoms with Gasteiger partial charge in [-0.25, -0.2) is 4.98 Å². The molecule has 0 spiro atoms. The van der Waals surface area contributed by atoms with Gasteiger partial charge in [0.1, 0.15) is 5.65 Å². The fourth-order valence-corrected chi connectivity index (χ4v) is 4.40. The third-order valence-electron chi connectivity index (χ3n) is 5.62. The van der Waals surface area contributed by atoms with Crippen LogP contribution in [0.5, 0.6) is 0 Å². The first-order chi connectivity index (χ1) is 15.1. The van der Waals surface area contributed by atoms with Crippen molar-refractivity contribution >= 4 is 23.2 Å². The summed E-state index contributed by atoms with van der Waals surface area (Å²) in [5.41, 5.74) is 0.837. The van der Waals surface area contributed by atoms with Crippen molar-refractivity contribution in [1.82, 2.24) is 14.3 Å². The van der Waals surface area contributed by atoms with E-state index >= 15 is 0 Å². The van der Waals surface area contributed by atoms with Crippen molar-refractivity contribution in [3.8, 4) is 0 Å². The second kappa shape index (κ2) is 8.75. The van der Waals surface area contributed by atoms with Gasteiger partial charge in [0.25, 0.3) is 0 Å². The van der Waals surface area contributed by atoms with Crippen molar-refractivity contribution in [1.29, 1.82) is 0 Å². The first-order valence-corrected chi connectivity index (χ1v) is 10.7. The summed E-state index contributed by atoms with van der Waals surface area (Å²) < 4.78 is 47.6. The van der Waals surface area contributed by atoms with E-state index in [4.69, 9.17) is 16.3 Å². The smallest absolute Gasteiger partial charge is 0.372 e. The van der Waals surface area contributed by atoms with Crippen molar-refractivity contribution in [2.75, 3.05) is 13.1 Å². The summed E-state index contributed by atoms with van der Waals surface area (Å²) in [4.78, 5) is 19.3. The fourth-order valence-electron chi connectivity index (χ4n) is 4.24. The van der Waals surface area contributed by atoms with Gasteiger partial charge in [-0.3, -0.25) is 4.79 Å². The Balaban J connectivity index is 1.75. The van der Waals surface area contributed by atoms with Crippen molar-refractivity contribution in [2.24, 2.45) is 0 Å². The number of fused-ring (bicyclic) bond motifs is 1. The van der Waals surface area contributed by atoms with Crippen LogP contribution in [0.25, 0.3) is 5.65 Å². The molecular weight excluding hydrogens is 443 g/mol. The minimum absolute atomic E-state index is 0.00105. The van der Waals surface area contributed by atoms with Gasteiger partial charge in [0.2, 0.25) is 5.91 Å². The van der Waals surface area contributed by atoms with Gasteiger partial charge in [0.05, 0.1) is 28.5 Å². The molecule has 1 amide bonds. The molecule has 3 atom stereocenters. The molecule has 2 aromatic heterocycles. The summed E-state index contributed by atoms with van der Waals surface area (Å²) in [6, 6.07) is 8.52. The molecule has 3 aromatic rings. The van der Waals surface area contributed by atoms with E-state index < -0.39 is 17.7 Å². The number of rotatable bonds is 4. The summed E-state index contributed by atoms with van der Waals surface area (Å²) in [6.07, 6.45) is -1.45. The molecule has 3 heterocycles. The molecule has 1 aliphatic rings. The number of pyridine rings is 1. The van der Waals surface area contributed by atoms with Crippen LogP contribution in [0.3, 0.4) is 0 Å². The van der Waals surface area contributed by atoms with Crippen LogP contribution in [-0.2, 0) is 15.7 Å². The van der Waals surface area contributed by atoms with Crippen molar-refractivity contribution in [2.45, 2.75) is 44.6 Å². The molecule has 0 N–H and O–H groups in total. The minimum atomic E-state index is -4.48. The van der Waals surface area contributed by atoms with Gasteiger partial charge in [0, 0.05) is 37.8 Å². The Morgan fingerprint density at radius 1 is 1.22 bits per heavy atom. The summed E-state index contributed by atoms with van der Waals surface area (Å²) >= 11 is 6.16. The highest BCUT2D eigenvalue weighted by molar-refractivity contribution is 6.30. The van der Waals surface area contributed by atoms with E-state index in [9.17, 15) is 18.0 Å². The standard InChI is InChI=1S/C23H23ClF3N3O2/c1-14-11-29(12-15(2)32-14)22(31)9-19(16-4-3-5-17(8-16)23(25,26)27)20-10-28-21-7-6-18(24)13-30(20)21/h3-8,10,13-15,19H,9,11-12H2,1-2H3. The van der Waals surface area contributed by atoms with Gasteiger partial charge >= 0.3 is 6.18 Å². The quantitative estimate of drug-likeness (QED) is 0.534. The molecule has 9 heteroatoms. The summed E-state index contributed by atoms with van der Waals surface area (Å²) in [5.74, 6) is -0.780. The van der Waals surface area contributed by atoms with Gasteiger partial charge in [-0.15, -0.1) is 0 Å². The molecule has 3 unspecified atom stereocenters. The molecule has 0 aliphatic carbocycles. The molecule has 4 rings (SSSR count). The van der Waals surface area contributed by atoms with E-state index in [2.05, 4.69) is 4.98 Å². The molecule has 0 bridgehead atoms. The van der Waals surface area contributed by atoms with Crippen LogP contribution in [0.4, 0.5) is 13.2 Å². The highest BCUT2D eigenvalue weighted by Gasteiger charge is 2.33. The topological polar surface area (TPSA) is 46.8 Å². The van der Waals surface area contributed by atoms with Crippen LogP contribution >= 0.6 is 11.6 Å². The van der Waals surface area contributed by atoms with Crippen LogP contribution in [-0.4, -0.2) is 45.5 Å². The maximum atomic E-state index is 13.4. The maximum absolute atomic E-state index is 13.4. The number of ether oxygens (including phenoxy) is 1. The molecule has 5 nitrogen and oxygen atoms in total. The third kappa shape index (κ3) is 4.76.